The number of hydrogen-bond acceptors (Lipinski definition) is 7. The SMILES string of the molecule is CC(C)(C)OP(=O)(OCOC(=O)CCC(=O)O)OC(C)(C)C. The summed E-state index contributed by atoms with van der Waals surface area (Å²) < 4.78 is 32.8. The lowest BCUT2D eigenvalue weighted by molar-refractivity contribution is -0.154. The molecule has 0 aliphatic heterocycles. The zero-order valence-electron chi connectivity index (χ0n) is 13.9. The number of esters is 1. The predicted octanol–water partition coefficient (Wildman–Crippen LogP) is 3.11. The largest absolute Gasteiger partial charge is 0.481 e. The van der Waals surface area contributed by atoms with Gasteiger partial charge in [0.05, 0.1) is 24.0 Å². The van der Waals surface area contributed by atoms with Gasteiger partial charge in [0.2, 0.25) is 6.79 Å². The van der Waals surface area contributed by atoms with Crippen LogP contribution in [0.15, 0.2) is 0 Å². The number of carbonyl (C=O) groups is 2. The lowest BCUT2D eigenvalue weighted by Gasteiger charge is -2.30. The molecular formula is C13H25O8P. The molecule has 0 spiro atoms. The molecule has 0 radical (unpaired) electrons. The van der Waals surface area contributed by atoms with Gasteiger partial charge >= 0.3 is 19.8 Å². The highest BCUT2D eigenvalue weighted by Gasteiger charge is 2.37. The Labute approximate surface area is 130 Å². The zero-order valence-corrected chi connectivity index (χ0v) is 14.8. The summed E-state index contributed by atoms with van der Waals surface area (Å²) >= 11 is 0. The van der Waals surface area contributed by atoms with Gasteiger partial charge in [-0.05, 0) is 41.5 Å². The monoisotopic (exact) mass is 340 g/mol. The number of phosphoric acid groups is 1. The lowest BCUT2D eigenvalue weighted by atomic mass is 10.2. The van der Waals surface area contributed by atoms with Gasteiger partial charge in [0.1, 0.15) is 0 Å². The van der Waals surface area contributed by atoms with E-state index < -0.39 is 37.8 Å². The van der Waals surface area contributed by atoms with Gasteiger partial charge < -0.3 is 9.84 Å². The lowest BCUT2D eigenvalue weighted by Crippen LogP contribution is -2.25. The van der Waals surface area contributed by atoms with Crippen molar-refractivity contribution in [2.45, 2.75) is 65.6 Å². The van der Waals surface area contributed by atoms with E-state index in [9.17, 15) is 14.2 Å². The highest BCUT2D eigenvalue weighted by molar-refractivity contribution is 7.48. The van der Waals surface area contributed by atoms with Crippen LogP contribution >= 0.6 is 7.82 Å². The van der Waals surface area contributed by atoms with Crippen molar-refractivity contribution < 1.29 is 37.6 Å². The predicted molar refractivity (Wildman–Crippen MR) is 78.2 cm³/mol. The summed E-state index contributed by atoms with van der Waals surface area (Å²) in [5, 5.41) is 8.45. The van der Waals surface area contributed by atoms with E-state index >= 15 is 0 Å². The molecule has 0 aliphatic rings. The van der Waals surface area contributed by atoms with Crippen molar-refractivity contribution in [3.63, 3.8) is 0 Å². The van der Waals surface area contributed by atoms with Crippen molar-refractivity contribution in [2.75, 3.05) is 6.79 Å². The van der Waals surface area contributed by atoms with Crippen LogP contribution < -0.4 is 0 Å². The fraction of sp³-hybridized carbons (Fsp3) is 0.846. The molecular weight excluding hydrogens is 315 g/mol. The molecule has 0 aromatic heterocycles. The van der Waals surface area contributed by atoms with Crippen LogP contribution in [0.2, 0.25) is 0 Å². The van der Waals surface area contributed by atoms with Gasteiger partial charge in [-0.3, -0.25) is 18.6 Å². The fourth-order valence-corrected chi connectivity index (χ4v) is 2.85. The van der Waals surface area contributed by atoms with Gasteiger partial charge in [-0.1, -0.05) is 0 Å². The van der Waals surface area contributed by atoms with Crippen molar-refractivity contribution in [2.24, 2.45) is 0 Å². The van der Waals surface area contributed by atoms with Gasteiger partial charge in [0.15, 0.2) is 0 Å². The Morgan fingerprint density at radius 3 is 1.77 bits per heavy atom. The number of rotatable bonds is 8. The summed E-state index contributed by atoms with van der Waals surface area (Å²) in [4.78, 5) is 21.6. The summed E-state index contributed by atoms with van der Waals surface area (Å²) in [6, 6.07) is 0. The molecule has 9 heteroatoms. The first-order chi connectivity index (χ1) is 9.72. The molecule has 0 saturated heterocycles. The van der Waals surface area contributed by atoms with E-state index in [0.29, 0.717) is 0 Å². The third-order valence-corrected chi connectivity index (χ3v) is 3.71. The van der Waals surface area contributed by atoms with E-state index in [1.54, 1.807) is 41.5 Å². The summed E-state index contributed by atoms with van der Waals surface area (Å²) in [5.41, 5.74) is -1.60. The first-order valence-electron chi connectivity index (χ1n) is 6.76. The maximum Gasteiger partial charge on any atom is 0.478 e. The average molecular weight is 340 g/mol. The van der Waals surface area contributed by atoms with Crippen molar-refractivity contribution in [1.82, 2.24) is 0 Å². The Balaban J connectivity index is 4.57. The van der Waals surface area contributed by atoms with E-state index in [2.05, 4.69) is 4.74 Å². The quantitative estimate of drug-likeness (QED) is 0.408. The molecule has 0 rings (SSSR count). The first-order valence-corrected chi connectivity index (χ1v) is 8.22. The smallest absolute Gasteiger partial charge is 0.478 e. The standard InChI is InChI=1S/C13H25O8P/c1-12(2,3)20-22(17,21-13(4,5)6)19-9-18-11(16)8-7-10(14)15/h7-9H2,1-6H3,(H,14,15). The number of carboxylic acid groups (broad SMARTS) is 1. The Kier molecular flexibility index (Phi) is 7.71. The van der Waals surface area contributed by atoms with Crippen LogP contribution in [-0.2, 0) is 32.5 Å². The van der Waals surface area contributed by atoms with Gasteiger partial charge in [-0.15, -0.1) is 0 Å². The van der Waals surface area contributed by atoms with Crippen LogP contribution in [0.4, 0.5) is 0 Å². The average Bonchev–Trinajstić information content (AvgIpc) is 2.20. The summed E-state index contributed by atoms with van der Waals surface area (Å²) in [5.74, 6) is -1.89. The maximum atomic E-state index is 12.5. The minimum atomic E-state index is -3.95. The van der Waals surface area contributed by atoms with Crippen LogP contribution in [0, 0.1) is 0 Å². The zero-order chi connectivity index (χ0) is 17.6. The maximum absolute atomic E-state index is 12.5. The van der Waals surface area contributed by atoms with Crippen molar-refractivity contribution in [1.29, 1.82) is 0 Å². The van der Waals surface area contributed by atoms with Crippen molar-refractivity contribution >= 4 is 19.8 Å². The minimum absolute atomic E-state index is 0.302. The second kappa shape index (κ2) is 8.06. The highest BCUT2D eigenvalue weighted by Crippen LogP contribution is 2.55. The van der Waals surface area contributed by atoms with E-state index in [0.717, 1.165) is 0 Å². The van der Waals surface area contributed by atoms with Gasteiger partial charge in [0.25, 0.3) is 0 Å². The minimum Gasteiger partial charge on any atom is -0.481 e. The summed E-state index contributed by atoms with van der Waals surface area (Å²) in [6.45, 7) is 9.40. The van der Waals surface area contributed by atoms with Crippen LogP contribution in [0.5, 0.6) is 0 Å². The molecule has 0 atom stereocenters. The van der Waals surface area contributed by atoms with Crippen molar-refractivity contribution in [3.8, 4) is 0 Å². The molecule has 8 nitrogen and oxygen atoms in total. The second-order valence-corrected chi connectivity index (χ2v) is 8.03. The van der Waals surface area contributed by atoms with Gasteiger partial charge in [-0.25, -0.2) is 9.09 Å². The van der Waals surface area contributed by atoms with E-state index in [-0.39, 0.29) is 12.8 Å². The first kappa shape index (κ1) is 21.0. The number of aliphatic carboxylic acids is 1. The number of carbonyl (C=O) groups excluding carboxylic acids is 1. The number of hydrogen-bond donors (Lipinski definition) is 1. The fourth-order valence-electron chi connectivity index (χ4n) is 1.18. The van der Waals surface area contributed by atoms with Crippen LogP contribution in [0.25, 0.3) is 0 Å². The highest BCUT2D eigenvalue weighted by atomic mass is 31.2. The van der Waals surface area contributed by atoms with E-state index in [1.807, 2.05) is 0 Å². The molecule has 0 aliphatic carbocycles. The van der Waals surface area contributed by atoms with Gasteiger partial charge in [-0.2, -0.15) is 0 Å². The molecule has 22 heavy (non-hydrogen) atoms. The Hall–Kier alpha value is -0.950. The molecule has 0 saturated carbocycles. The van der Waals surface area contributed by atoms with E-state index in [1.165, 1.54) is 0 Å². The number of ether oxygens (including phenoxy) is 1. The molecule has 0 fully saturated rings. The second-order valence-electron chi connectivity index (χ2n) is 6.51. The number of phosphoric ester groups is 1. The van der Waals surface area contributed by atoms with Crippen LogP contribution in [0.1, 0.15) is 54.4 Å². The van der Waals surface area contributed by atoms with Gasteiger partial charge in [0, 0.05) is 0 Å². The summed E-state index contributed by atoms with van der Waals surface area (Å²) in [7, 11) is -3.95. The number of carboxylic acids is 1. The molecule has 0 aromatic carbocycles. The van der Waals surface area contributed by atoms with Crippen LogP contribution in [0.3, 0.4) is 0 Å². The molecule has 0 bridgehead atoms. The normalized spacial score (nSPS) is 13.0. The molecule has 0 unspecified atom stereocenters. The topological polar surface area (TPSA) is 108 Å². The molecule has 1 N–H and O–H groups in total. The summed E-state index contributed by atoms with van der Waals surface area (Å²) in [6.07, 6.45) is -0.656. The molecule has 0 heterocycles. The Morgan fingerprint density at radius 2 is 1.41 bits per heavy atom. The van der Waals surface area contributed by atoms with Crippen LogP contribution in [-0.4, -0.2) is 35.0 Å². The third kappa shape index (κ3) is 11.7. The Morgan fingerprint density at radius 1 is 0.955 bits per heavy atom. The van der Waals surface area contributed by atoms with E-state index in [4.69, 9.17) is 18.7 Å². The molecule has 0 aromatic rings. The molecule has 130 valence electrons. The third-order valence-electron chi connectivity index (χ3n) is 1.75. The van der Waals surface area contributed by atoms with Crippen molar-refractivity contribution in [3.05, 3.63) is 0 Å². The molecule has 0 amide bonds. The Bertz CT molecular complexity index is 412.